The third-order valence-electron chi connectivity index (χ3n) is 2.98. The van der Waals surface area contributed by atoms with E-state index in [9.17, 15) is 9.18 Å². The van der Waals surface area contributed by atoms with Gasteiger partial charge in [-0.3, -0.25) is 4.79 Å². The summed E-state index contributed by atoms with van der Waals surface area (Å²) in [4.78, 5) is 12.0. The molecule has 0 spiro atoms. The fourth-order valence-corrected chi connectivity index (χ4v) is 2.06. The highest BCUT2D eigenvalue weighted by molar-refractivity contribution is 5.94. The largest absolute Gasteiger partial charge is 0.361 e. The molecule has 1 atom stereocenters. The summed E-state index contributed by atoms with van der Waals surface area (Å²) in [5, 5.41) is 6.69. The molecule has 2 rings (SSSR count). The van der Waals surface area contributed by atoms with Crippen molar-refractivity contribution in [1.82, 2.24) is 10.5 Å². The van der Waals surface area contributed by atoms with E-state index in [2.05, 4.69) is 10.5 Å². The van der Waals surface area contributed by atoms with E-state index in [-0.39, 0.29) is 17.8 Å². The van der Waals surface area contributed by atoms with E-state index in [1.807, 2.05) is 13.8 Å². The van der Waals surface area contributed by atoms with E-state index in [0.717, 1.165) is 11.3 Å². The Balaban J connectivity index is 2.13. The molecular formula is C14H15FN2O2. The van der Waals surface area contributed by atoms with Crippen LogP contribution in [-0.2, 0) is 0 Å². The van der Waals surface area contributed by atoms with Gasteiger partial charge in [-0.1, -0.05) is 5.16 Å². The van der Waals surface area contributed by atoms with Crippen molar-refractivity contribution in [1.29, 1.82) is 0 Å². The number of hydrogen-bond donors (Lipinski definition) is 1. The van der Waals surface area contributed by atoms with Gasteiger partial charge in [0.15, 0.2) is 0 Å². The lowest BCUT2D eigenvalue weighted by Crippen LogP contribution is -2.27. The van der Waals surface area contributed by atoms with Crippen LogP contribution in [0.25, 0.3) is 0 Å². The summed E-state index contributed by atoms with van der Waals surface area (Å²) in [7, 11) is 0. The van der Waals surface area contributed by atoms with E-state index in [4.69, 9.17) is 4.52 Å². The number of aryl methyl sites for hydroxylation is 2. The van der Waals surface area contributed by atoms with E-state index in [1.165, 1.54) is 24.3 Å². The van der Waals surface area contributed by atoms with Crippen LogP contribution in [-0.4, -0.2) is 11.1 Å². The van der Waals surface area contributed by atoms with Crippen molar-refractivity contribution >= 4 is 5.91 Å². The number of rotatable bonds is 3. The molecule has 0 bridgehead atoms. The Morgan fingerprint density at radius 3 is 2.47 bits per heavy atom. The molecule has 0 fully saturated rings. The van der Waals surface area contributed by atoms with Crippen molar-refractivity contribution in [2.45, 2.75) is 26.8 Å². The first-order valence-corrected chi connectivity index (χ1v) is 5.98. The van der Waals surface area contributed by atoms with Gasteiger partial charge in [-0.2, -0.15) is 0 Å². The number of nitrogens with one attached hydrogen (secondary N) is 1. The van der Waals surface area contributed by atoms with Gasteiger partial charge in [0.25, 0.3) is 5.91 Å². The molecule has 0 aliphatic carbocycles. The molecule has 0 saturated carbocycles. The van der Waals surface area contributed by atoms with Crippen LogP contribution in [0.15, 0.2) is 28.8 Å². The van der Waals surface area contributed by atoms with E-state index >= 15 is 0 Å². The monoisotopic (exact) mass is 262 g/mol. The SMILES string of the molecule is Cc1noc(C)c1C(C)NC(=O)c1ccc(F)cc1. The second kappa shape index (κ2) is 5.22. The summed E-state index contributed by atoms with van der Waals surface area (Å²) in [6.07, 6.45) is 0. The minimum absolute atomic E-state index is 0.219. The van der Waals surface area contributed by atoms with E-state index in [0.29, 0.717) is 11.3 Å². The molecule has 4 nitrogen and oxygen atoms in total. The van der Waals surface area contributed by atoms with Crippen LogP contribution >= 0.6 is 0 Å². The average Bonchev–Trinajstić information content (AvgIpc) is 2.69. The Morgan fingerprint density at radius 1 is 1.32 bits per heavy atom. The molecule has 2 aromatic rings. The van der Waals surface area contributed by atoms with Gasteiger partial charge in [0.05, 0.1) is 11.7 Å². The molecule has 0 radical (unpaired) electrons. The van der Waals surface area contributed by atoms with Crippen molar-refractivity contribution in [3.63, 3.8) is 0 Å². The minimum atomic E-state index is -0.365. The molecule has 1 amide bonds. The van der Waals surface area contributed by atoms with Gasteiger partial charge in [-0.25, -0.2) is 4.39 Å². The molecule has 1 heterocycles. The molecule has 100 valence electrons. The van der Waals surface area contributed by atoms with Crippen molar-refractivity contribution in [2.75, 3.05) is 0 Å². The van der Waals surface area contributed by atoms with Crippen molar-refractivity contribution in [2.24, 2.45) is 0 Å². The van der Waals surface area contributed by atoms with Gasteiger partial charge in [0, 0.05) is 11.1 Å². The third-order valence-corrected chi connectivity index (χ3v) is 2.98. The number of amides is 1. The fraction of sp³-hybridized carbons (Fsp3) is 0.286. The first kappa shape index (κ1) is 13.3. The average molecular weight is 262 g/mol. The Morgan fingerprint density at radius 2 is 1.95 bits per heavy atom. The van der Waals surface area contributed by atoms with Crippen molar-refractivity contribution in [3.8, 4) is 0 Å². The predicted octanol–water partition coefficient (Wildman–Crippen LogP) is 2.92. The number of halogens is 1. The molecule has 1 aromatic heterocycles. The highest BCUT2D eigenvalue weighted by Crippen LogP contribution is 2.21. The number of aromatic nitrogens is 1. The van der Waals surface area contributed by atoms with Gasteiger partial charge in [0.2, 0.25) is 0 Å². The fourth-order valence-electron chi connectivity index (χ4n) is 2.06. The second-order valence-electron chi connectivity index (χ2n) is 4.44. The maximum atomic E-state index is 12.8. The molecule has 1 unspecified atom stereocenters. The third kappa shape index (κ3) is 2.81. The van der Waals surface area contributed by atoms with Crippen molar-refractivity contribution in [3.05, 3.63) is 52.7 Å². The van der Waals surface area contributed by atoms with Crippen molar-refractivity contribution < 1.29 is 13.7 Å². The maximum Gasteiger partial charge on any atom is 0.251 e. The Hall–Kier alpha value is -2.17. The minimum Gasteiger partial charge on any atom is -0.361 e. The zero-order chi connectivity index (χ0) is 14.0. The van der Waals surface area contributed by atoms with Gasteiger partial charge in [-0.15, -0.1) is 0 Å². The molecular weight excluding hydrogens is 247 g/mol. The van der Waals surface area contributed by atoms with Gasteiger partial charge >= 0.3 is 0 Å². The zero-order valence-corrected chi connectivity index (χ0v) is 11.0. The molecule has 19 heavy (non-hydrogen) atoms. The Bertz CT molecular complexity index is 570. The maximum absolute atomic E-state index is 12.8. The van der Waals surface area contributed by atoms with Crippen LogP contribution in [0.3, 0.4) is 0 Å². The second-order valence-corrected chi connectivity index (χ2v) is 4.44. The van der Waals surface area contributed by atoms with Gasteiger partial charge < -0.3 is 9.84 Å². The summed E-state index contributed by atoms with van der Waals surface area (Å²) in [5.41, 5.74) is 2.04. The Labute approximate surface area is 110 Å². The van der Waals surface area contributed by atoms with E-state index in [1.54, 1.807) is 6.92 Å². The smallest absolute Gasteiger partial charge is 0.251 e. The van der Waals surface area contributed by atoms with Crippen LogP contribution < -0.4 is 5.32 Å². The quantitative estimate of drug-likeness (QED) is 0.925. The first-order valence-electron chi connectivity index (χ1n) is 5.98. The Kier molecular flexibility index (Phi) is 3.64. The summed E-state index contributed by atoms with van der Waals surface area (Å²) in [6, 6.07) is 5.20. The summed E-state index contributed by atoms with van der Waals surface area (Å²) >= 11 is 0. The van der Waals surface area contributed by atoms with E-state index < -0.39 is 0 Å². The normalized spacial score (nSPS) is 12.2. The number of hydrogen-bond acceptors (Lipinski definition) is 3. The zero-order valence-electron chi connectivity index (χ0n) is 11.0. The molecule has 0 saturated heterocycles. The van der Waals surface area contributed by atoms with Crippen LogP contribution in [0.1, 0.15) is 40.3 Å². The number of carbonyl (C=O) groups excluding carboxylic acids is 1. The summed E-state index contributed by atoms with van der Waals surface area (Å²) in [6.45, 7) is 5.48. The van der Waals surface area contributed by atoms with Crippen LogP contribution in [0.5, 0.6) is 0 Å². The molecule has 5 heteroatoms. The van der Waals surface area contributed by atoms with Crippen LogP contribution in [0.2, 0.25) is 0 Å². The predicted molar refractivity (Wildman–Crippen MR) is 68.3 cm³/mol. The lowest BCUT2D eigenvalue weighted by Gasteiger charge is -2.13. The lowest BCUT2D eigenvalue weighted by atomic mass is 10.1. The van der Waals surface area contributed by atoms with Crippen LogP contribution in [0.4, 0.5) is 4.39 Å². The molecule has 1 N–H and O–H groups in total. The number of carbonyl (C=O) groups is 1. The van der Waals surface area contributed by atoms with Gasteiger partial charge in [0.1, 0.15) is 11.6 Å². The first-order chi connectivity index (χ1) is 8.99. The molecule has 1 aromatic carbocycles. The molecule has 0 aliphatic rings. The lowest BCUT2D eigenvalue weighted by molar-refractivity contribution is 0.0939. The molecule has 0 aliphatic heterocycles. The van der Waals surface area contributed by atoms with Gasteiger partial charge in [-0.05, 0) is 45.0 Å². The summed E-state index contributed by atoms with van der Waals surface area (Å²) in [5.74, 6) is 0.0622. The highest BCUT2D eigenvalue weighted by Gasteiger charge is 2.18. The summed E-state index contributed by atoms with van der Waals surface area (Å²) < 4.78 is 17.9. The highest BCUT2D eigenvalue weighted by atomic mass is 19.1. The topological polar surface area (TPSA) is 55.1 Å². The van der Waals surface area contributed by atoms with Crippen LogP contribution in [0, 0.1) is 19.7 Å². The number of nitrogens with zero attached hydrogens (tertiary/aromatic N) is 1. The number of benzene rings is 1. The standard InChI is InChI=1S/C14H15FN2O2/c1-8(13-9(2)17-19-10(13)3)16-14(18)11-4-6-12(15)7-5-11/h4-8H,1-3H3,(H,16,18).